The molecular formula is C21H22ClN5O5S2. The number of hydrogen-bond acceptors (Lipinski definition) is 8. The summed E-state index contributed by atoms with van der Waals surface area (Å²) in [4.78, 5) is 24.4. The SMILES string of the molecule is COc1cccc(C(=O)NCCc2nnc(NC(=O)CCNS(=O)(=O)c3ccc(Cl)cc3)s2)c1. The molecule has 3 aromatic rings. The average Bonchev–Trinajstić information content (AvgIpc) is 3.26. The van der Waals surface area contributed by atoms with Gasteiger partial charge in [-0.15, -0.1) is 10.2 Å². The van der Waals surface area contributed by atoms with Gasteiger partial charge in [0.1, 0.15) is 10.8 Å². The summed E-state index contributed by atoms with van der Waals surface area (Å²) >= 11 is 6.94. The molecule has 0 unspecified atom stereocenters. The van der Waals surface area contributed by atoms with Crippen molar-refractivity contribution in [3.63, 3.8) is 0 Å². The number of sulfonamides is 1. The van der Waals surface area contributed by atoms with Crippen molar-refractivity contribution in [2.45, 2.75) is 17.7 Å². The van der Waals surface area contributed by atoms with Crippen molar-refractivity contribution in [2.24, 2.45) is 0 Å². The Morgan fingerprint density at radius 3 is 2.59 bits per heavy atom. The fourth-order valence-electron chi connectivity index (χ4n) is 2.73. The molecule has 180 valence electrons. The number of methoxy groups -OCH3 is 1. The van der Waals surface area contributed by atoms with Crippen LogP contribution in [0.3, 0.4) is 0 Å². The highest BCUT2D eigenvalue weighted by Crippen LogP contribution is 2.17. The summed E-state index contributed by atoms with van der Waals surface area (Å²) in [6.07, 6.45) is 0.350. The molecule has 3 rings (SSSR count). The van der Waals surface area contributed by atoms with Gasteiger partial charge in [-0.1, -0.05) is 29.0 Å². The third-order valence-corrected chi connectivity index (χ3v) is 7.06. The van der Waals surface area contributed by atoms with Crippen molar-refractivity contribution in [2.75, 3.05) is 25.5 Å². The van der Waals surface area contributed by atoms with Crippen molar-refractivity contribution in [1.82, 2.24) is 20.2 Å². The summed E-state index contributed by atoms with van der Waals surface area (Å²) in [6, 6.07) is 12.5. The molecule has 0 aliphatic heterocycles. The number of carbonyl (C=O) groups excluding carboxylic acids is 2. The van der Waals surface area contributed by atoms with Crippen LogP contribution in [-0.2, 0) is 21.2 Å². The monoisotopic (exact) mass is 523 g/mol. The Morgan fingerprint density at radius 2 is 1.85 bits per heavy atom. The second kappa shape index (κ2) is 11.9. The fourth-order valence-corrected chi connectivity index (χ4v) is 4.65. The molecule has 2 aromatic carbocycles. The maximum Gasteiger partial charge on any atom is 0.251 e. The number of rotatable bonds is 11. The first-order valence-electron chi connectivity index (χ1n) is 10.1. The fraction of sp³-hybridized carbons (Fsp3) is 0.238. The van der Waals surface area contributed by atoms with Gasteiger partial charge >= 0.3 is 0 Å². The Bertz CT molecular complexity index is 1250. The number of aromatic nitrogens is 2. The van der Waals surface area contributed by atoms with Gasteiger partial charge in [0.05, 0.1) is 12.0 Å². The number of nitrogens with zero attached hydrogens (tertiary/aromatic N) is 2. The average molecular weight is 524 g/mol. The number of hydrogen-bond donors (Lipinski definition) is 3. The van der Waals surface area contributed by atoms with Crippen molar-refractivity contribution in [3.8, 4) is 5.75 Å². The predicted molar refractivity (Wildman–Crippen MR) is 129 cm³/mol. The molecule has 13 heteroatoms. The van der Waals surface area contributed by atoms with Crippen molar-refractivity contribution in [3.05, 3.63) is 64.1 Å². The Hall–Kier alpha value is -3.06. The number of benzene rings is 2. The molecule has 0 fully saturated rings. The van der Waals surface area contributed by atoms with E-state index in [9.17, 15) is 18.0 Å². The first-order chi connectivity index (χ1) is 16.3. The first kappa shape index (κ1) is 25.6. The molecule has 0 radical (unpaired) electrons. The highest BCUT2D eigenvalue weighted by molar-refractivity contribution is 7.89. The molecule has 0 aliphatic carbocycles. The lowest BCUT2D eigenvalue weighted by Crippen LogP contribution is -2.27. The summed E-state index contributed by atoms with van der Waals surface area (Å²) in [5.74, 6) is -0.0548. The maximum atomic E-state index is 12.2. The van der Waals surface area contributed by atoms with Gasteiger partial charge in [0.2, 0.25) is 21.1 Å². The molecule has 1 aromatic heterocycles. The lowest BCUT2D eigenvalue weighted by Gasteiger charge is -2.06. The van der Waals surface area contributed by atoms with E-state index in [1.54, 1.807) is 24.3 Å². The number of anilines is 1. The van der Waals surface area contributed by atoms with Crippen LogP contribution < -0.4 is 20.1 Å². The second-order valence-corrected chi connectivity index (χ2v) is 10.2. The zero-order valence-corrected chi connectivity index (χ0v) is 20.5. The number of ether oxygens (including phenoxy) is 1. The van der Waals surface area contributed by atoms with Gasteiger partial charge in [0, 0.05) is 36.5 Å². The minimum absolute atomic E-state index is 0.0598. The van der Waals surface area contributed by atoms with Gasteiger partial charge in [-0.25, -0.2) is 13.1 Å². The van der Waals surface area contributed by atoms with Crippen LogP contribution in [0.1, 0.15) is 21.8 Å². The van der Waals surface area contributed by atoms with E-state index in [0.29, 0.717) is 39.4 Å². The topological polar surface area (TPSA) is 139 Å². The number of nitrogens with one attached hydrogen (secondary N) is 3. The van der Waals surface area contributed by atoms with Gasteiger partial charge in [-0.2, -0.15) is 0 Å². The van der Waals surface area contributed by atoms with Crippen molar-refractivity contribution < 1.29 is 22.7 Å². The van der Waals surface area contributed by atoms with Gasteiger partial charge in [-0.05, 0) is 42.5 Å². The molecule has 0 bridgehead atoms. The summed E-state index contributed by atoms with van der Waals surface area (Å²) in [5, 5.41) is 14.6. The lowest BCUT2D eigenvalue weighted by atomic mass is 10.2. The maximum absolute atomic E-state index is 12.2. The minimum Gasteiger partial charge on any atom is -0.497 e. The minimum atomic E-state index is -3.74. The van der Waals surface area contributed by atoms with E-state index in [4.69, 9.17) is 16.3 Å². The number of carbonyl (C=O) groups is 2. The summed E-state index contributed by atoms with van der Waals surface area (Å²) in [6.45, 7) is 0.254. The molecule has 0 aliphatic rings. The van der Waals surface area contributed by atoms with Crippen molar-refractivity contribution >= 4 is 49.9 Å². The van der Waals surface area contributed by atoms with E-state index in [0.717, 1.165) is 0 Å². The Labute approximate surface area is 205 Å². The highest BCUT2D eigenvalue weighted by atomic mass is 35.5. The smallest absolute Gasteiger partial charge is 0.251 e. The molecule has 2 amide bonds. The molecule has 0 saturated carbocycles. The van der Waals surface area contributed by atoms with Crippen LogP contribution in [0.5, 0.6) is 5.75 Å². The van der Waals surface area contributed by atoms with E-state index >= 15 is 0 Å². The molecular weight excluding hydrogens is 502 g/mol. The van der Waals surface area contributed by atoms with Gasteiger partial charge < -0.3 is 15.4 Å². The normalized spacial score (nSPS) is 11.1. The summed E-state index contributed by atoms with van der Waals surface area (Å²) in [7, 11) is -2.21. The molecule has 10 nitrogen and oxygen atoms in total. The molecule has 0 saturated heterocycles. The van der Waals surface area contributed by atoms with Crippen LogP contribution >= 0.6 is 22.9 Å². The largest absolute Gasteiger partial charge is 0.497 e. The van der Waals surface area contributed by atoms with E-state index in [-0.39, 0.29) is 23.8 Å². The second-order valence-electron chi connectivity index (χ2n) is 6.89. The van der Waals surface area contributed by atoms with Crippen molar-refractivity contribution in [1.29, 1.82) is 0 Å². The van der Waals surface area contributed by atoms with Crippen LogP contribution in [-0.4, -0.2) is 50.6 Å². The van der Waals surface area contributed by atoms with E-state index in [2.05, 4.69) is 25.6 Å². The van der Waals surface area contributed by atoms with Gasteiger partial charge in [-0.3, -0.25) is 9.59 Å². The third-order valence-electron chi connectivity index (χ3n) is 4.44. The molecule has 34 heavy (non-hydrogen) atoms. The Morgan fingerprint density at radius 1 is 1.09 bits per heavy atom. The number of halogens is 1. The summed E-state index contributed by atoms with van der Waals surface area (Å²) in [5.41, 5.74) is 0.483. The first-order valence-corrected chi connectivity index (χ1v) is 12.7. The highest BCUT2D eigenvalue weighted by Gasteiger charge is 2.15. The van der Waals surface area contributed by atoms with E-state index in [1.807, 2.05) is 0 Å². The lowest BCUT2D eigenvalue weighted by molar-refractivity contribution is -0.116. The molecule has 3 N–H and O–H groups in total. The number of amides is 2. The van der Waals surface area contributed by atoms with Crippen LogP contribution in [0.2, 0.25) is 5.02 Å². The standard InChI is InChI=1S/C21H22ClN5O5S2/c1-32-16-4-2-3-14(13-16)20(29)23-11-10-19-26-27-21(33-19)25-18(28)9-12-24-34(30,31)17-7-5-15(22)6-8-17/h2-8,13,24H,9-12H2,1H3,(H,23,29)(H,25,27,28). The quantitative estimate of drug-likeness (QED) is 0.351. The van der Waals surface area contributed by atoms with Crippen LogP contribution in [0.25, 0.3) is 0 Å². The Balaban J connectivity index is 1.40. The van der Waals surface area contributed by atoms with E-state index in [1.165, 1.54) is 42.7 Å². The summed E-state index contributed by atoms with van der Waals surface area (Å²) < 4.78 is 31.9. The van der Waals surface area contributed by atoms with Gasteiger partial charge in [0.15, 0.2) is 0 Å². The third kappa shape index (κ3) is 7.48. The van der Waals surface area contributed by atoms with E-state index < -0.39 is 15.9 Å². The zero-order chi connectivity index (χ0) is 24.6. The van der Waals surface area contributed by atoms with Gasteiger partial charge in [0.25, 0.3) is 5.91 Å². The van der Waals surface area contributed by atoms with Crippen LogP contribution in [0.4, 0.5) is 5.13 Å². The van der Waals surface area contributed by atoms with Crippen LogP contribution in [0.15, 0.2) is 53.4 Å². The van der Waals surface area contributed by atoms with Crippen LogP contribution in [0, 0.1) is 0 Å². The zero-order valence-electron chi connectivity index (χ0n) is 18.1. The molecule has 1 heterocycles. The molecule has 0 atom stereocenters. The predicted octanol–water partition coefficient (Wildman–Crippen LogP) is 2.48. The molecule has 0 spiro atoms. The Kier molecular flexibility index (Phi) is 8.93.